The molecule has 0 amide bonds. The number of hydrogen-bond acceptors (Lipinski definition) is 1. The molecule has 2 rings (SSSR count). The Kier molecular flexibility index (Phi) is 2.52. The molecule has 0 bridgehead atoms. The molecule has 13 heavy (non-hydrogen) atoms. The minimum absolute atomic E-state index is 0.683. The number of likely N-dealkylation sites (tertiary alicyclic amines) is 1. The molecule has 2 heteroatoms. The second-order valence-corrected chi connectivity index (χ2v) is 4.57. The summed E-state index contributed by atoms with van der Waals surface area (Å²) in [5.41, 5.74) is 1.46. The van der Waals surface area contributed by atoms with Crippen LogP contribution in [0.15, 0.2) is 30.3 Å². The Labute approximate surface area is 87.1 Å². The van der Waals surface area contributed by atoms with E-state index in [2.05, 4.69) is 57.9 Å². The first-order chi connectivity index (χ1) is 6.27. The Balaban J connectivity index is 2.17. The van der Waals surface area contributed by atoms with Crippen LogP contribution in [0.4, 0.5) is 0 Å². The molecule has 1 fully saturated rings. The molecule has 0 aromatic heterocycles. The van der Waals surface area contributed by atoms with Crippen LogP contribution < -0.4 is 0 Å². The molecule has 1 unspecified atom stereocenters. The predicted molar refractivity (Wildman–Crippen MR) is 57.2 cm³/mol. The average molecular weight is 238 g/mol. The molecule has 1 heterocycles. The van der Waals surface area contributed by atoms with E-state index >= 15 is 0 Å². The number of benzene rings is 1. The summed E-state index contributed by atoms with van der Waals surface area (Å²) in [6.45, 7) is 1.15. The standard InChI is InChI=1S/C11H13NSe/c1-12-8-10(7-11(12)13)9-5-3-2-4-6-9/h2-6,10H,7-8H2,1H3. The molecule has 68 valence electrons. The Morgan fingerprint density at radius 3 is 2.54 bits per heavy atom. The van der Waals surface area contributed by atoms with Crippen LogP contribution in [0.2, 0.25) is 0 Å². The number of rotatable bonds is 1. The first kappa shape index (κ1) is 8.98. The average Bonchev–Trinajstić information content (AvgIpc) is 2.49. The van der Waals surface area contributed by atoms with Gasteiger partial charge in [-0.25, -0.2) is 0 Å². The van der Waals surface area contributed by atoms with Crippen LogP contribution in [0.5, 0.6) is 0 Å². The van der Waals surface area contributed by atoms with Crippen LogP contribution in [0, 0.1) is 0 Å². The van der Waals surface area contributed by atoms with Crippen molar-refractivity contribution in [2.75, 3.05) is 13.6 Å². The molecule has 0 radical (unpaired) electrons. The Morgan fingerprint density at radius 2 is 2.00 bits per heavy atom. The van der Waals surface area contributed by atoms with Crippen molar-refractivity contribution in [2.45, 2.75) is 12.3 Å². The molecule has 0 saturated carbocycles. The van der Waals surface area contributed by atoms with Crippen molar-refractivity contribution < 1.29 is 0 Å². The topological polar surface area (TPSA) is 3.24 Å². The normalized spacial score (nSPS) is 22.4. The quantitative estimate of drug-likeness (QED) is 0.668. The van der Waals surface area contributed by atoms with E-state index in [-0.39, 0.29) is 0 Å². The molecular weight excluding hydrogens is 225 g/mol. The predicted octanol–water partition coefficient (Wildman–Crippen LogP) is 1.40. The van der Waals surface area contributed by atoms with Gasteiger partial charge in [0.05, 0.1) is 0 Å². The van der Waals surface area contributed by atoms with Gasteiger partial charge in [-0.1, -0.05) is 0 Å². The maximum absolute atomic E-state index is 3.13. The van der Waals surface area contributed by atoms with Crippen LogP contribution in [0.3, 0.4) is 0 Å². The van der Waals surface area contributed by atoms with Gasteiger partial charge in [-0.3, -0.25) is 0 Å². The van der Waals surface area contributed by atoms with E-state index in [1.165, 1.54) is 16.5 Å². The Bertz CT molecular complexity index is 307. The maximum atomic E-state index is 3.13. The summed E-state index contributed by atoms with van der Waals surface area (Å²) in [5, 5.41) is 0. The summed E-state index contributed by atoms with van der Waals surface area (Å²) >= 11 is 3.13. The van der Waals surface area contributed by atoms with Gasteiger partial charge in [0.15, 0.2) is 0 Å². The summed E-state index contributed by atoms with van der Waals surface area (Å²) < 4.78 is 1.38. The fourth-order valence-electron chi connectivity index (χ4n) is 1.81. The van der Waals surface area contributed by atoms with Crippen LogP contribution in [-0.2, 0) is 0 Å². The summed E-state index contributed by atoms with van der Waals surface area (Å²) in [5.74, 6) is 0.683. The zero-order chi connectivity index (χ0) is 9.26. The zero-order valence-electron chi connectivity index (χ0n) is 7.73. The van der Waals surface area contributed by atoms with E-state index in [1.54, 1.807) is 0 Å². The van der Waals surface area contributed by atoms with E-state index in [4.69, 9.17) is 0 Å². The first-order valence-corrected chi connectivity index (χ1v) is 5.42. The van der Waals surface area contributed by atoms with Gasteiger partial charge >= 0.3 is 86.8 Å². The van der Waals surface area contributed by atoms with Gasteiger partial charge in [-0.15, -0.1) is 0 Å². The molecular formula is C11H13NSe. The van der Waals surface area contributed by atoms with Crippen molar-refractivity contribution in [1.29, 1.82) is 0 Å². The molecule has 1 aliphatic rings. The fraction of sp³-hybridized carbons (Fsp3) is 0.364. The van der Waals surface area contributed by atoms with E-state index in [0.29, 0.717) is 5.92 Å². The zero-order valence-corrected chi connectivity index (χ0v) is 9.45. The second-order valence-electron chi connectivity index (χ2n) is 3.59. The Morgan fingerprint density at radius 1 is 1.31 bits per heavy atom. The van der Waals surface area contributed by atoms with Crippen LogP contribution in [0.1, 0.15) is 17.9 Å². The summed E-state index contributed by atoms with van der Waals surface area (Å²) in [6, 6.07) is 10.7. The van der Waals surface area contributed by atoms with Gasteiger partial charge in [-0.2, -0.15) is 0 Å². The van der Waals surface area contributed by atoms with Gasteiger partial charge in [0, 0.05) is 0 Å². The SMILES string of the molecule is CN1CC(c2ccccc2)CC1=[Se]. The summed E-state index contributed by atoms with van der Waals surface area (Å²) in [7, 11) is 2.15. The summed E-state index contributed by atoms with van der Waals surface area (Å²) in [6.07, 6.45) is 1.17. The van der Waals surface area contributed by atoms with Crippen molar-refractivity contribution in [3.05, 3.63) is 35.9 Å². The molecule has 0 aliphatic carbocycles. The van der Waals surface area contributed by atoms with Crippen molar-refractivity contribution in [1.82, 2.24) is 4.90 Å². The van der Waals surface area contributed by atoms with Gasteiger partial charge in [0.1, 0.15) is 0 Å². The molecule has 1 aromatic rings. The van der Waals surface area contributed by atoms with Crippen molar-refractivity contribution in [2.24, 2.45) is 0 Å². The molecule has 1 aliphatic heterocycles. The second kappa shape index (κ2) is 3.65. The number of hydrogen-bond donors (Lipinski definition) is 0. The summed E-state index contributed by atoms with van der Waals surface area (Å²) in [4.78, 5) is 2.30. The third kappa shape index (κ3) is 1.84. The van der Waals surface area contributed by atoms with Crippen LogP contribution >= 0.6 is 0 Å². The van der Waals surface area contributed by atoms with Crippen LogP contribution in [-0.4, -0.2) is 38.6 Å². The number of nitrogens with zero attached hydrogens (tertiary/aromatic N) is 1. The molecule has 1 nitrogen and oxygen atoms in total. The van der Waals surface area contributed by atoms with Crippen molar-refractivity contribution in [3.63, 3.8) is 0 Å². The molecule has 1 atom stereocenters. The van der Waals surface area contributed by atoms with Gasteiger partial charge in [0.25, 0.3) is 0 Å². The monoisotopic (exact) mass is 239 g/mol. The third-order valence-electron chi connectivity index (χ3n) is 2.61. The van der Waals surface area contributed by atoms with E-state index in [0.717, 1.165) is 6.54 Å². The van der Waals surface area contributed by atoms with Gasteiger partial charge < -0.3 is 0 Å². The van der Waals surface area contributed by atoms with Gasteiger partial charge in [0.2, 0.25) is 0 Å². The van der Waals surface area contributed by atoms with E-state index in [1.807, 2.05) is 0 Å². The van der Waals surface area contributed by atoms with E-state index in [9.17, 15) is 0 Å². The van der Waals surface area contributed by atoms with Crippen molar-refractivity contribution in [3.8, 4) is 0 Å². The molecule has 1 aromatic carbocycles. The fourth-order valence-corrected chi connectivity index (χ4v) is 2.39. The van der Waals surface area contributed by atoms with E-state index < -0.39 is 0 Å². The molecule has 0 N–H and O–H groups in total. The van der Waals surface area contributed by atoms with Gasteiger partial charge in [-0.05, 0) is 0 Å². The first-order valence-electron chi connectivity index (χ1n) is 4.56. The van der Waals surface area contributed by atoms with Crippen LogP contribution in [0.25, 0.3) is 0 Å². The number of likely N-dealkylation sites (N-methyl/N-ethyl adjacent to an activating group) is 1. The van der Waals surface area contributed by atoms with Crippen molar-refractivity contribution >= 4 is 20.1 Å². The third-order valence-corrected chi connectivity index (χ3v) is 3.62. The Hall–Kier alpha value is -0.591. The minimum atomic E-state index is 0.683. The molecule has 0 spiro atoms. The molecule has 1 saturated heterocycles.